The van der Waals surface area contributed by atoms with Crippen molar-refractivity contribution >= 4 is 45.3 Å². The molecule has 0 aliphatic heterocycles. The van der Waals surface area contributed by atoms with E-state index in [1.807, 2.05) is 0 Å². The second-order valence-electron chi connectivity index (χ2n) is 4.50. The molecule has 0 bridgehead atoms. The van der Waals surface area contributed by atoms with Gasteiger partial charge in [0.25, 0.3) is 0 Å². The third-order valence-electron chi connectivity index (χ3n) is 2.19. The summed E-state index contributed by atoms with van der Waals surface area (Å²) in [6.07, 6.45) is 5.81. The first-order chi connectivity index (χ1) is 10.5. The quantitative estimate of drug-likeness (QED) is 0.166. The summed E-state index contributed by atoms with van der Waals surface area (Å²) in [5.41, 5.74) is 10.4. The van der Waals surface area contributed by atoms with Crippen LogP contribution < -0.4 is 16.6 Å². The topological polar surface area (TPSA) is 207 Å². The molecule has 10 nitrogen and oxygen atoms in total. The van der Waals surface area contributed by atoms with Crippen molar-refractivity contribution in [1.82, 2.24) is 0 Å². The van der Waals surface area contributed by atoms with Gasteiger partial charge in [-0.15, -0.1) is 0 Å². The Labute approximate surface area is 162 Å². The first-order valence-electron chi connectivity index (χ1n) is 7.13. The van der Waals surface area contributed by atoms with Gasteiger partial charge in [-0.05, 0) is 38.8 Å². The van der Waals surface area contributed by atoms with Gasteiger partial charge in [-0.25, -0.2) is 5.14 Å². The maximum absolute atomic E-state index is 9.93. The van der Waals surface area contributed by atoms with Crippen molar-refractivity contribution in [3.8, 4) is 0 Å². The van der Waals surface area contributed by atoms with Gasteiger partial charge in [0.05, 0.1) is 0 Å². The van der Waals surface area contributed by atoms with E-state index in [0.29, 0.717) is 13.1 Å². The van der Waals surface area contributed by atoms with Crippen LogP contribution in [0.1, 0.15) is 54.2 Å². The molecule has 0 rings (SSSR count). The van der Waals surface area contributed by atoms with Gasteiger partial charge >= 0.3 is 45.3 Å². The van der Waals surface area contributed by atoms with E-state index in [2.05, 4.69) is 5.14 Å². The Morgan fingerprint density at radius 2 is 1.04 bits per heavy atom. The van der Waals surface area contributed by atoms with Gasteiger partial charge in [0.15, 0.2) is 0 Å². The first-order valence-corrected chi connectivity index (χ1v) is 8.63. The predicted octanol–water partition coefficient (Wildman–Crippen LogP) is -0.228. The van der Waals surface area contributed by atoms with Crippen LogP contribution >= 0.6 is 0 Å². The summed E-state index contributed by atoms with van der Waals surface area (Å²) in [5, 5.41) is 20.2. The summed E-state index contributed by atoms with van der Waals surface area (Å²) < 4.78 is 25.2. The maximum Gasteiger partial charge on any atom is 2.00 e. The Bertz CT molecular complexity index is 374. The molecule has 0 unspecified atom stereocenters. The standard InChI is InChI=1S/2C6H13NO2.Mg.H3NO3S.2H/c2*7-5-3-1-2-4-6(8)9;;1-5(2,3)4;;/h2*1-5,7H2,(H,8,9);;(H3,1,2,3,4);;/q;;+2;;2*-1. The fraction of sp³-hybridized carbons (Fsp3) is 0.833. The normalized spacial score (nSPS) is 9.50. The van der Waals surface area contributed by atoms with Gasteiger partial charge in [-0.1, -0.05) is 12.8 Å². The minimum Gasteiger partial charge on any atom is -1.00 e. The van der Waals surface area contributed by atoms with Gasteiger partial charge in [-0.2, -0.15) is 8.42 Å². The Balaban J connectivity index is -0.0000000566. The summed E-state index contributed by atoms with van der Waals surface area (Å²) >= 11 is 0. The maximum atomic E-state index is 9.93. The molecule has 0 fully saturated rings. The van der Waals surface area contributed by atoms with Crippen molar-refractivity contribution in [3.63, 3.8) is 0 Å². The van der Waals surface area contributed by atoms with E-state index in [1.165, 1.54) is 0 Å². The molecule has 0 spiro atoms. The monoisotopic (exact) mass is 385 g/mol. The Morgan fingerprint density at radius 1 is 0.792 bits per heavy atom. The summed E-state index contributed by atoms with van der Waals surface area (Å²) in [5.74, 6) is -1.43. The summed E-state index contributed by atoms with van der Waals surface area (Å²) in [6.45, 7) is 1.33. The Morgan fingerprint density at radius 3 is 1.21 bits per heavy atom. The van der Waals surface area contributed by atoms with Gasteiger partial charge in [0, 0.05) is 12.8 Å². The molecule has 0 aromatic heterocycles. The molecule has 0 aromatic rings. The molecular formula is C12H31MgN3O7S. The molecule has 0 radical (unpaired) electrons. The van der Waals surface area contributed by atoms with Crippen LogP contribution in [0.5, 0.6) is 0 Å². The molecule has 144 valence electrons. The minimum absolute atomic E-state index is 0. The summed E-state index contributed by atoms with van der Waals surface area (Å²) in [7, 11) is -4.17. The van der Waals surface area contributed by atoms with E-state index in [4.69, 9.17) is 34.7 Å². The second kappa shape index (κ2) is 22.5. The molecule has 24 heavy (non-hydrogen) atoms. The largest absolute Gasteiger partial charge is 2.00 e. The van der Waals surface area contributed by atoms with Crippen molar-refractivity contribution in [2.75, 3.05) is 13.1 Å². The predicted molar refractivity (Wildman–Crippen MR) is 94.0 cm³/mol. The van der Waals surface area contributed by atoms with Crippen molar-refractivity contribution in [3.05, 3.63) is 0 Å². The number of carbonyl (C=O) groups is 2. The molecule has 9 N–H and O–H groups in total. The van der Waals surface area contributed by atoms with Crippen LogP contribution in [0.25, 0.3) is 0 Å². The zero-order valence-corrected chi connectivity index (χ0v) is 16.1. The molecule has 0 aromatic carbocycles. The van der Waals surface area contributed by atoms with Crippen LogP contribution in [0.15, 0.2) is 0 Å². The molecule has 0 atom stereocenters. The van der Waals surface area contributed by atoms with E-state index >= 15 is 0 Å². The van der Waals surface area contributed by atoms with E-state index in [9.17, 15) is 9.59 Å². The van der Waals surface area contributed by atoms with Gasteiger partial charge in [-0.3, -0.25) is 14.1 Å². The fourth-order valence-corrected chi connectivity index (χ4v) is 1.19. The Hall–Kier alpha value is -0.504. The Kier molecular flexibility index (Phi) is 29.3. The summed E-state index contributed by atoms with van der Waals surface area (Å²) in [4.78, 5) is 19.9. The van der Waals surface area contributed by atoms with E-state index in [1.54, 1.807) is 0 Å². The fourth-order valence-electron chi connectivity index (χ4n) is 1.19. The van der Waals surface area contributed by atoms with E-state index < -0.39 is 22.2 Å². The third-order valence-corrected chi connectivity index (χ3v) is 2.19. The van der Waals surface area contributed by atoms with Gasteiger partial charge in [0.1, 0.15) is 0 Å². The number of rotatable bonds is 10. The average Bonchev–Trinajstić information content (AvgIpc) is 2.38. The van der Waals surface area contributed by atoms with Gasteiger partial charge < -0.3 is 24.5 Å². The third kappa shape index (κ3) is 68.3. The number of nitrogens with two attached hydrogens (primary N) is 3. The smallest absolute Gasteiger partial charge is 1.00 e. The second-order valence-corrected chi connectivity index (χ2v) is 5.53. The molecule has 0 saturated heterocycles. The molecule has 12 heteroatoms. The summed E-state index contributed by atoms with van der Waals surface area (Å²) in [6, 6.07) is 0. The number of carboxylic acid groups (broad SMARTS) is 2. The van der Waals surface area contributed by atoms with Crippen molar-refractivity contribution < 1.29 is 35.6 Å². The van der Waals surface area contributed by atoms with Crippen LogP contribution in [-0.4, -0.2) is 71.3 Å². The molecule has 0 saturated carbocycles. The van der Waals surface area contributed by atoms with Crippen LogP contribution in [0.4, 0.5) is 0 Å². The number of hydrogen-bond donors (Lipinski definition) is 6. The zero-order valence-electron chi connectivity index (χ0n) is 15.9. The molecule has 0 aliphatic rings. The number of unbranched alkanes of at least 4 members (excludes halogenated alkanes) is 4. The number of carboxylic acids is 2. The van der Waals surface area contributed by atoms with Crippen molar-refractivity contribution in [2.45, 2.75) is 51.4 Å². The SMILES string of the molecule is NCCCCCC(=O)O.NCCCCCC(=O)O.NS(=O)(=O)O.[H-].[H-].[Mg+2]. The van der Waals surface area contributed by atoms with Crippen LogP contribution in [-0.2, 0) is 19.9 Å². The molecule has 0 amide bonds. The minimum atomic E-state index is -4.17. The van der Waals surface area contributed by atoms with E-state index in [-0.39, 0.29) is 38.7 Å². The van der Waals surface area contributed by atoms with Gasteiger partial charge in [0.2, 0.25) is 0 Å². The number of hydrogen-bond acceptors (Lipinski definition) is 6. The number of aliphatic carboxylic acids is 2. The zero-order chi connectivity index (χ0) is 18.7. The molecule has 0 aliphatic carbocycles. The van der Waals surface area contributed by atoms with Crippen molar-refractivity contribution in [2.24, 2.45) is 16.6 Å². The van der Waals surface area contributed by atoms with Crippen LogP contribution in [0.2, 0.25) is 0 Å². The molecular weight excluding hydrogens is 355 g/mol. The average molecular weight is 386 g/mol. The first kappa shape index (κ1) is 31.3. The van der Waals surface area contributed by atoms with Crippen LogP contribution in [0, 0.1) is 0 Å². The molecule has 0 heterocycles. The van der Waals surface area contributed by atoms with Crippen molar-refractivity contribution in [1.29, 1.82) is 0 Å². The van der Waals surface area contributed by atoms with Crippen LogP contribution in [0.3, 0.4) is 0 Å². The van der Waals surface area contributed by atoms with E-state index in [0.717, 1.165) is 38.5 Å².